The van der Waals surface area contributed by atoms with Crippen LogP contribution in [0.4, 0.5) is 14.5 Å². The lowest BCUT2D eigenvalue weighted by Crippen LogP contribution is -2.03. The molecule has 2 nitrogen and oxygen atoms in total. The Morgan fingerprint density at radius 3 is 2.75 bits per heavy atom. The van der Waals surface area contributed by atoms with E-state index in [0.29, 0.717) is 11.0 Å². The number of hydrogen-bond acceptors (Lipinski definition) is 1. The first kappa shape index (κ1) is 11.1. The molecule has 0 aliphatic carbocycles. The zero-order chi connectivity index (χ0) is 11.5. The maximum atomic E-state index is 13.4. The highest BCUT2D eigenvalue weighted by molar-refractivity contribution is 9.10. The van der Waals surface area contributed by atoms with Gasteiger partial charge in [-0.15, -0.1) is 0 Å². The molecule has 5 heteroatoms. The van der Waals surface area contributed by atoms with Crippen LogP contribution in [0.3, 0.4) is 0 Å². The molecule has 0 spiro atoms. The number of rotatable bonds is 3. The minimum absolute atomic E-state index is 0.260. The molecule has 1 aromatic heterocycles. The molecule has 0 radical (unpaired) electrons. The molecular weight excluding hydrogens is 278 g/mol. The molecule has 0 aliphatic rings. The van der Waals surface area contributed by atoms with Crippen LogP contribution >= 0.6 is 15.9 Å². The van der Waals surface area contributed by atoms with Gasteiger partial charge in [0.1, 0.15) is 11.6 Å². The highest BCUT2D eigenvalue weighted by atomic mass is 79.9. The van der Waals surface area contributed by atoms with Crippen LogP contribution in [0.15, 0.2) is 34.9 Å². The van der Waals surface area contributed by atoms with E-state index in [0.717, 1.165) is 11.8 Å². The van der Waals surface area contributed by atoms with Crippen molar-refractivity contribution in [3.8, 4) is 0 Å². The molecule has 16 heavy (non-hydrogen) atoms. The van der Waals surface area contributed by atoms with Crippen molar-refractivity contribution in [2.75, 3.05) is 5.32 Å². The van der Waals surface area contributed by atoms with Gasteiger partial charge < -0.3 is 10.3 Å². The molecule has 0 saturated heterocycles. The molecule has 2 N–H and O–H groups in total. The minimum atomic E-state index is -0.613. The first-order chi connectivity index (χ1) is 7.66. The molecule has 0 amide bonds. The van der Waals surface area contributed by atoms with Crippen LogP contribution in [-0.4, -0.2) is 4.98 Å². The van der Waals surface area contributed by atoms with Crippen LogP contribution in [0, 0.1) is 11.6 Å². The number of hydrogen-bond donors (Lipinski definition) is 2. The predicted octanol–water partition coefficient (Wildman–Crippen LogP) is 3.67. The molecule has 1 aromatic carbocycles. The van der Waals surface area contributed by atoms with Gasteiger partial charge in [-0.3, -0.25) is 0 Å². The Morgan fingerprint density at radius 2 is 2.12 bits per heavy atom. The van der Waals surface area contributed by atoms with Crippen molar-refractivity contribution < 1.29 is 8.78 Å². The van der Waals surface area contributed by atoms with E-state index >= 15 is 0 Å². The largest absolute Gasteiger partial charge is 0.376 e. The summed E-state index contributed by atoms with van der Waals surface area (Å²) in [7, 11) is 0. The third kappa shape index (κ3) is 2.41. The van der Waals surface area contributed by atoms with E-state index in [9.17, 15) is 8.78 Å². The van der Waals surface area contributed by atoms with E-state index in [1.54, 1.807) is 6.20 Å². The second-order valence-electron chi connectivity index (χ2n) is 3.29. The number of anilines is 1. The van der Waals surface area contributed by atoms with E-state index in [2.05, 4.69) is 26.2 Å². The van der Waals surface area contributed by atoms with Gasteiger partial charge in [0.2, 0.25) is 0 Å². The average molecular weight is 287 g/mol. The van der Waals surface area contributed by atoms with Crippen LogP contribution in [0.2, 0.25) is 0 Å². The lowest BCUT2D eigenvalue weighted by atomic mass is 10.3. The topological polar surface area (TPSA) is 27.8 Å². The third-order valence-electron chi connectivity index (χ3n) is 2.12. The fourth-order valence-corrected chi connectivity index (χ4v) is 1.92. The standard InChI is InChI=1S/C11H9BrF2N2/c12-9-4-7(13)5-10(14)11(9)16-6-8-2-1-3-15-8/h1-5,15-16H,6H2. The van der Waals surface area contributed by atoms with Gasteiger partial charge in [-0.2, -0.15) is 0 Å². The van der Waals surface area contributed by atoms with E-state index in [4.69, 9.17) is 0 Å². The molecule has 0 fully saturated rings. The highest BCUT2D eigenvalue weighted by Gasteiger charge is 2.09. The van der Waals surface area contributed by atoms with Gasteiger partial charge in [0, 0.05) is 22.4 Å². The van der Waals surface area contributed by atoms with Gasteiger partial charge in [-0.25, -0.2) is 8.78 Å². The Labute approximate surface area is 99.8 Å². The Kier molecular flexibility index (Phi) is 3.24. The summed E-state index contributed by atoms with van der Waals surface area (Å²) in [6, 6.07) is 5.80. The van der Waals surface area contributed by atoms with Gasteiger partial charge in [-0.05, 0) is 34.1 Å². The summed E-state index contributed by atoms with van der Waals surface area (Å²) in [4.78, 5) is 2.98. The van der Waals surface area contributed by atoms with Crippen molar-refractivity contribution in [1.82, 2.24) is 4.98 Å². The van der Waals surface area contributed by atoms with Crippen LogP contribution in [-0.2, 0) is 6.54 Å². The fraction of sp³-hybridized carbons (Fsp3) is 0.0909. The molecule has 2 aromatic rings. The summed E-state index contributed by atoms with van der Waals surface area (Å²) in [6.45, 7) is 0.453. The molecule has 1 heterocycles. The Hall–Kier alpha value is -1.36. The second kappa shape index (κ2) is 4.65. The molecule has 0 bridgehead atoms. The van der Waals surface area contributed by atoms with Crippen LogP contribution in [0.5, 0.6) is 0 Å². The molecule has 2 rings (SSSR count). The maximum absolute atomic E-state index is 13.4. The van der Waals surface area contributed by atoms with E-state index in [1.165, 1.54) is 6.07 Å². The first-order valence-corrected chi connectivity index (χ1v) is 5.47. The number of aromatic amines is 1. The van der Waals surface area contributed by atoms with Crippen molar-refractivity contribution in [3.63, 3.8) is 0 Å². The van der Waals surface area contributed by atoms with Gasteiger partial charge in [0.05, 0.1) is 12.2 Å². The van der Waals surface area contributed by atoms with Crippen molar-refractivity contribution in [1.29, 1.82) is 0 Å². The van der Waals surface area contributed by atoms with E-state index in [1.807, 2.05) is 12.1 Å². The number of benzene rings is 1. The molecule has 0 aliphatic heterocycles. The molecule has 84 valence electrons. The average Bonchev–Trinajstić information content (AvgIpc) is 2.68. The van der Waals surface area contributed by atoms with Crippen molar-refractivity contribution in [2.45, 2.75) is 6.54 Å². The third-order valence-corrected chi connectivity index (χ3v) is 2.75. The lowest BCUT2D eigenvalue weighted by molar-refractivity contribution is 0.583. The summed E-state index contributed by atoms with van der Waals surface area (Å²) in [5.41, 5.74) is 1.19. The monoisotopic (exact) mass is 286 g/mol. The summed E-state index contributed by atoms with van der Waals surface area (Å²) in [5.74, 6) is -1.21. The highest BCUT2D eigenvalue weighted by Crippen LogP contribution is 2.27. The molecule has 0 atom stereocenters. The van der Waals surface area contributed by atoms with Crippen LogP contribution in [0.1, 0.15) is 5.69 Å². The molecular formula is C11H9BrF2N2. The Balaban J connectivity index is 2.15. The number of nitrogens with one attached hydrogen (secondary N) is 2. The maximum Gasteiger partial charge on any atom is 0.150 e. The summed E-state index contributed by atoms with van der Waals surface area (Å²) < 4.78 is 26.6. The van der Waals surface area contributed by atoms with E-state index in [-0.39, 0.29) is 5.69 Å². The van der Waals surface area contributed by atoms with Crippen molar-refractivity contribution >= 4 is 21.6 Å². The number of aromatic nitrogens is 1. The van der Waals surface area contributed by atoms with E-state index < -0.39 is 11.6 Å². The number of H-pyrrole nitrogens is 1. The summed E-state index contributed by atoms with van der Waals surface area (Å²) in [6.07, 6.45) is 1.78. The summed E-state index contributed by atoms with van der Waals surface area (Å²) in [5, 5.41) is 2.89. The zero-order valence-corrected chi connectivity index (χ0v) is 9.81. The minimum Gasteiger partial charge on any atom is -0.376 e. The van der Waals surface area contributed by atoms with Crippen molar-refractivity contribution in [3.05, 3.63) is 52.3 Å². The normalized spacial score (nSPS) is 10.4. The summed E-state index contributed by atoms with van der Waals surface area (Å²) >= 11 is 3.11. The molecule has 0 unspecified atom stereocenters. The van der Waals surface area contributed by atoms with Crippen LogP contribution < -0.4 is 5.32 Å². The molecule has 0 saturated carbocycles. The van der Waals surface area contributed by atoms with Gasteiger partial charge in [0.25, 0.3) is 0 Å². The first-order valence-electron chi connectivity index (χ1n) is 4.67. The quantitative estimate of drug-likeness (QED) is 0.885. The zero-order valence-electron chi connectivity index (χ0n) is 8.23. The Bertz CT molecular complexity index is 460. The van der Waals surface area contributed by atoms with Crippen molar-refractivity contribution in [2.24, 2.45) is 0 Å². The van der Waals surface area contributed by atoms with Crippen LogP contribution in [0.25, 0.3) is 0 Å². The second-order valence-corrected chi connectivity index (χ2v) is 4.15. The number of halogens is 3. The van der Waals surface area contributed by atoms with Gasteiger partial charge in [-0.1, -0.05) is 0 Å². The Morgan fingerprint density at radius 1 is 1.31 bits per heavy atom. The lowest BCUT2D eigenvalue weighted by Gasteiger charge is -2.08. The fourth-order valence-electron chi connectivity index (χ4n) is 1.37. The SMILES string of the molecule is Fc1cc(F)c(NCc2ccc[nH]2)c(Br)c1. The smallest absolute Gasteiger partial charge is 0.150 e. The van der Waals surface area contributed by atoms with Gasteiger partial charge >= 0.3 is 0 Å². The van der Waals surface area contributed by atoms with Gasteiger partial charge in [0.15, 0.2) is 0 Å². The predicted molar refractivity (Wildman–Crippen MR) is 62.2 cm³/mol.